The maximum absolute atomic E-state index is 12.9. The fraction of sp³-hybridized carbons (Fsp3) is 0.921. The predicted molar refractivity (Wildman–Crippen MR) is 298 cm³/mol. The highest BCUT2D eigenvalue weighted by atomic mass is 16.6. The largest absolute Gasteiger partial charge is 0.462 e. The van der Waals surface area contributed by atoms with Crippen molar-refractivity contribution in [2.45, 2.75) is 361 Å². The Hall–Kier alpha value is -1.85. The molecule has 0 amide bonds. The molecule has 0 aromatic carbocycles. The molecule has 0 rings (SSSR count). The minimum absolute atomic E-state index is 0.0663. The molecule has 408 valence electrons. The lowest BCUT2D eigenvalue weighted by atomic mass is 10.0. The summed E-state index contributed by atoms with van der Waals surface area (Å²) in [6.45, 7) is 6.67. The van der Waals surface area contributed by atoms with E-state index in [1.165, 1.54) is 250 Å². The van der Waals surface area contributed by atoms with Crippen LogP contribution in [-0.2, 0) is 28.6 Å². The smallest absolute Gasteiger partial charge is 0.306 e. The number of unbranched alkanes of at least 4 members (excludes halogenated alkanes) is 45. The second kappa shape index (κ2) is 58.7. The molecule has 0 spiro atoms. The number of carbonyl (C=O) groups is 3. The zero-order chi connectivity index (χ0) is 50.0. The van der Waals surface area contributed by atoms with E-state index in [1.807, 2.05) is 0 Å². The van der Waals surface area contributed by atoms with Crippen LogP contribution in [0.5, 0.6) is 0 Å². The van der Waals surface area contributed by atoms with Gasteiger partial charge in [-0.1, -0.05) is 309 Å². The molecule has 0 aliphatic heterocycles. The van der Waals surface area contributed by atoms with Crippen molar-refractivity contribution >= 4 is 17.9 Å². The van der Waals surface area contributed by atoms with Gasteiger partial charge in [-0.3, -0.25) is 14.4 Å². The average molecular weight is 974 g/mol. The molecule has 0 saturated carbocycles. The van der Waals surface area contributed by atoms with Crippen LogP contribution in [0.4, 0.5) is 0 Å². The van der Waals surface area contributed by atoms with Gasteiger partial charge in [0.15, 0.2) is 6.10 Å². The van der Waals surface area contributed by atoms with E-state index >= 15 is 0 Å². The summed E-state index contributed by atoms with van der Waals surface area (Å²) in [6, 6.07) is 0. The maximum Gasteiger partial charge on any atom is 0.306 e. The monoisotopic (exact) mass is 973 g/mol. The van der Waals surface area contributed by atoms with Crippen molar-refractivity contribution in [3.8, 4) is 0 Å². The first kappa shape index (κ1) is 67.1. The van der Waals surface area contributed by atoms with Crippen LogP contribution in [0.1, 0.15) is 355 Å². The van der Waals surface area contributed by atoms with Gasteiger partial charge in [-0.15, -0.1) is 0 Å². The minimum atomic E-state index is -0.768. The van der Waals surface area contributed by atoms with Crippen molar-refractivity contribution < 1.29 is 28.6 Å². The Labute approximate surface area is 431 Å². The van der Waals surface area contributed by atoms with Gasteiger partial charge in [0.1, 0.15) is 13.2 Å². The molecule has 0 bridgehead atoms. The summed E-state index contributed by atoms with van der Waals surface area (Å²) in [7, 11) is 0. The highest BCUT2D eigenvalue weighted by Crippen LogP contribution is 2.18. The summed E-state index contributed by atoms with van der Waals surface area (Å²) in [4.78, 5) is 38.2. The lowest BCUT2D eigenvalue weighted by Gasteiger charge is -2.18. The molecule has 0 aliphatic carbocycles. The predicted octanol–water partition coefficient (Wildman–Crippen LogP) is 20.9. The van der Waals surface area contributed by atoms with Crippen molar-refractivity contribution in [3.05, 3.63) is 12.2 Å². The molecule has 0 aromatic heterocycles. The second-order valence-electron chi connectivity index (χ2n) is 21.3. The fourth-order valence-corrected chi connectivity index (χ4v) is 9.55. The summed E-state index contributed by atoms with van der Waals surface area (Å²) in [5, 5.41) is 0. The molecule has 1 atom stereocenters. The summed E-state index contributed by atoms with van der Waals surface area (Å²) < 4.78 is 16.9. The van der Waals surface area contributed by atoms with Gasteiger partial charge in [-0.05, 0) is 38.5 Å². The molecule has 6 heteroatoms. The van der Waals surface area contributed by atoms with Gasteiger partial charge in [0.2, 0.25) is 0 Å². The summed E-state index contributed by atoms with van der Waals surface area (Å²) in [6.07, 6.45) is 67.9. The van der Waals surface area contributed by atoms with E-state index in [1.54, 1.807) is 0 Å². The van der Waals surface area contributed by atoms with Crippen molar-refractivity contribution in [2.75, 3.05) is 13.2 Å². The van der Waals surface area contributed by atoms with Crippen LogP contribution in [0.3, 0.4) is 0 Å². The molecule has 0 saturated heterocycles. The van der Waals surface area contributed by atoms with Gasteiger partial charge in [-0.2, -0.15) is 0 Å². The first-order valence-corrected chi connectivity index (χ1v) is 31.2. The number of carbonyl (C=O) groups excluding carboxylic acids is 3. The zero-order valence-electron chi connectivity index (χ0n) is 46.9. The molecule has 0 unspecified atom stereocenters. The number of ether oxygens (including phenoxy) is 3. The lowest BCUT2D eigenvalue weighted by Crippen LogP contribution is -2.30. The highest BCUT2D eigenvalue weighted by molar-refractivity contribution is 5.71. The van der Waals surface area contributed by atoms with Gasteiger partial charge in [0, 0.05) is 19.3 Å². The van der Waals surface area contributed by atoms with Crippen molar-refractivity contribution in [1.82, 2.24) is 0 Å². The molecule has 6 nitrogen and oxygen atoms in total. The molecule has 0 N–H and O–H groups in total. The Morgan fingerprint density at radius 2 is 0.493 bits per heavy atom. The number of hydrogen-bond acceptors (Lipinski definition) is 6. The number of rotatable bonds is 58. The Morgan fingerprint density at radius 3 is 0.768 bits per heavy atom. The Balaban J connectivity index is 4.22. The van der Waals surface area contributed by atoms with Crippen LogP contribution < -0.4 is 0 Å². The average Bonchev–Trinajstić information content (AvgIpc) is 3.35. The van der Waals surface area contributed by atoms with E-state index in [9.17, 15) is 14.4 Å². The van der Waals surface area contributed by atoms with Gasteiger partial charge in [-0.25, -0.2) is 0 Å². The molecule has 0 radical (unpaired) electrons. The molecule has 0 heterocycles. The molecule has 0 aromatic rings. The Bertz CT molecular complexity index is 1070. The van der Waals surface area contributed by atoms with Gasteiger partial charge in [0.05, 0.1) is 0 Å². The van der Waals surface area contributed by atoms with Crippen molar-refractivity contribution in [2.24, 2.45) is 0 Å². The summed E-state index contributed by atoms with van der Waals surface area (Å²) in [5.41, 5.74) is 0. The van der Waals surface area contributed by atoms with Crippen molar-refractivity contribution in [3.63, 3.8) is 0 Å². The summed E-state index contributed by atoms with van der Waals surface area (Å²) >= 11 is 0. The molecular weight excluding hydrogens is 853 g/mol. The van der Waals surface area contributed by atoms with Crippen LogP contribution >= 0.6 is 0 Å². The van der Waals surface area contributed by atoms with Crippen LogP contribution in [0.2, 0.25) is 0 Å². The fourth-order valence-electron chi connectivity index (χ4n) is 9.55. The van der Waals surface area contributed by atoms with E-state index < -0.39 is 6.10 Å². The third-order valence-corrected chi connectivity index (χ3v) is 14.3. The molecule has 69 heavy (non-hydrogen) atoms. The molecule has 0 aliphatic rings. The lowest BCUT2D eigenvalue weighted by molar-refractivity contribution is -0.167. The summed E-state index contributed by atoms with van der Waals surface area (Å²) in [5.74, 6) is -0.848. The third kappa shape index (κ3) is 56.9. The number of hydrogen-bond donors (Lipinski definition) is 0. The SMILES string of the molecule is CCCC/C=C\CCCCCCCC(=O)OC[C@H](COC(=O)CCCCCCCCCCCCCCCCCCCCC)OC(=O)CCCCCCCCCCCCCCCCCCCCCCC. The van der Waals surface area contributed by atoms with Crippen LogP contribution in [0, 0.1) is 0 Å². The topological polar surface area (TPSA) is 78.9 Å². The Morgan fingerprint density at radius 1 is 0.275 bits per heavy atom. The van der Waals surface area contributed by atoms with E-state index in [0.29, 0.717) is 19.3 Å². The van der Waals surface area contributed by atoms with Gasteiger partial charge < -0.3 is 14.2 Å². The molecule has 0 fully saturated rings. The van der Waals surface area contributed by atoms with E-state index in [4.69, 9.17) is 14.2 Å². The first-order chi connectivity index (χ1) is 34.0. The van der Waals surface area contributed by atoms with Crippen LogP contribution in [0.25, 0.3) is 0 Å². The first-order valence-electron chi connectivity index (χ1n) is 31.2. The minimum Gasteiger partial charge on any atom is -0.462 e. The van der Waals surface area contributed by atoms with Gasteiger partial charge in [0.25, 0.3) is 0 Å². The maximum atomic E-state index is 12.9. The van der Waals surface area contributed by atoms with Crippen LogP contribution in [0.15, 0.2) is 12.2 Å². The quantitative estimate of drug-likeness (QED) is 0.0261. The van der Waals surface area contributed by atoms with Gasteiger partial charge >= 0.3 is 17.9 Å². The standard InChI is InChI=1S/C63H120O6/c1-4-7-10-13-16-19-22-24-26-28-30-31-33-35-37-39-42-45-48-51-54-57-63(66)69-60(58-67-61(64)55-52-49-46-43-40-21-18-15-12-9-6-3)59-68-62(65)56-53-50-47-44-41-38-36-34-32-29-27-25-23-20-17-14-11-8-5-2/h15,18,60H,4-14,16-17,19-59H2,1-3H3/b18-15-/t60-/m1/s1. The zero-order valence-corrected chi connectivity index (χ0v) is 46.9. The second-order valence-corrected chi connectivity index (χ2v) is 21.3. The van der Waals surface area contributed by atoms with Crippen molar-refractivity contribution in [1.29, 1.82) is 0 Å². The number of esters is 3. The Kier molecular flexibility index (Phi) is 57.1. The van der Waals surface area contributed by atoms with E-state index in [-0.39, 0.29) is 31.1 Å². The third-order valence-electron chi connectivity index (χ3n) is 14.3. The van der Waals surface area contributed by atoms with Crippen LogP contribution in [-0.4, -0.2) is 37.2 Å². The normalized spacial score (nSPS) is 12.0. The number of allylic oxidation sites excluding steroid dienone is 2. The van der Waals surface area contributed by atoms with E-state index in [0.717, 1.165) is 64.2 Å². The van der Waals surface area contributed by atoms with E-state index in [2.05, 4.69) is 32.9 Å². The molecular formula is C63H120O6. The highest BCUT2D eigenvalue weighted by Gasteiger charge is 2.19.